The van der Waals surface area contributed by atoms with E-state index in [9.17, 15) is 13.2 Å². The molecule has 2 rings (SSSR count). The van der Waals surface area contributed by atoms with Crippen LogP contribution in [0.2, 0.25) is 0 Å². The lowest BCUT2D eigenvalue weighted by Gasteiger charge is -2.10. The number of hydrogen-bond acceptors (Lipinski definition) is 3. The Kier molecular flexibility index (Phi) is 6.12. The Morgan fingerprint density at radius 1 is 1.00 bits per heavy atom. The summed E-state index contributed by atoms with van der Waals surface area (Å²) in [7, 11) is -3.53. The van der Waals surface area contributed by atoms with Gasteiger partial charge >= 0.3 is 0 Å². The van der Waals surface area contributed by atoms with Crippen molar-refractivity contribution in [2.24, 2.45) is 0 Å². The maximum Gasteiger partial charge on any atom is 0.248 e. The highest BCUT2D eigenvalue weighted by Crippen LogP contribution is 2.14. The Morgan fingerprint density at radius 2 is 1.60 bits per heavy atom. The zero-order valence-corrected chi connectivity index (χ0v) is 15.3. The Bertz CT molecular complexity index is 853. The number of sulfonamides is 1. The summed E-state index contributed by atoms with van der Waals surface area (Å²) in [6.07, 6.45) is 3.16. The first-order valence-corrected chi connectivity index (χ1v) is 9.43. The van der Waals surface area contributed by atoms with Gasteiger partial charge in [-0.3, -0.25) is 4.79 Å². The molecule has 0 fully saturated rings. The summed E-state index contributed by atoms with van der Waals surface area (Å²) in [6.45, 7) is 5.51. The van der Waals surface area contributed by atoms with Crippen molar-refractivity contribution in [3.05, 3.63) is 65.7 Å². The van der Waals surface area contributed by atoms with Gasteiger partial charge in [-0.1, -0.05) is 29.8 Å². The third kappa shape index (κ3) is 5.85. The van der Waals surface area contributed by atoms with Crippen LogP contribution in [0.5, 0.6) is 0 Å². The molecule has 1 amide bonds. The van der Waals surface area contributed by atoms with Gasteiger partial charge in [-0.25, -0.2) is 13.1 Å². The van der Waals surface area contributed by atoms with E-state index in [1.807, 2.05) is 31.2 Å². The first-order valence-electron chi connectivity index (χ1n) is 7.94. The van der Waals surface area contributed by atoms with Gasteiger partial charge < -0.3 is 5.32 Å². The van der Waals surface area contributed by atoms with Gasteiger partial charge in [0.1, 0.15) is 0 Å². The molecule has 2 aromatic rings. The number of anilines is 1. The fourth-order valence-corrected chi connectivity index (χ4v) is 3.38. The molecule has 0 aliphatic carbocycles. The van der Waals surface area contributed by atoms with Crippen LogP contribution >= 0.6 is 0 Å². The van der Waals surface area contributed by atoms with Gasteiger partial charge in [0, 0.05) is 17.8 Å². The highest BCUT2D eigenvalue weighted by Gasteiger charge is 2.14. The maximum atomic E-state index is 12.0. The summed E-state index contributed by atoms with van der Waals surface area (Å²) in [5, 5.41) is 2.70. The summed E-state index contributed by atoms with van der Waals surface area (Å²) in [6, 6.07) is 13.7. The zero-order valence-electron chi connectivity index (χ0n) is 14.5. The van der Waals surface area contributed by atoms with E-state index in [1.54, 1.807) is 32.1 Å². The number of aryl methyl sites for hydroxylation is 1. The van der Waals surface area contributed by atoms with Crippen LogP contribution in [0.15, 0.2) is 59.5 Å². The Morgan fingerprint density at radius 3 is 2.16 bits per heavy atom. The second-order valence-corrected chi connectivity index (χ2v) is 7.75. The first kappa shape index (κ1) is 18.9. The third-order valence-electron chi connectivity index (χ3n) is 3.33. The molecule has 0 aliphatic rings. The predicted molar refractivity (Wildman–Crippen MR) is 101 cm³/mol. The molecule has 132 valence electrons. The molecule has 2 N–H and O–H groups in total. The Hall–Kier alpha value is -2.44. The maximum absolute atomic E-state index is 12.0. The van der Waals surface area contributed by atoms with E-state index in [4.69, 9.17) is 0 Å². The number of benzene rings is 2. The highest BCUT2D eigenvalue weighted by molar-refractivity contribution is 7.89. The van der Waals surface area contributed by atoms with E-state index in [2.05, 4.69) is 10.0 Å². The number of rotatable bonds is 6. The first-order chi connectivity index (χ1) is 11.8. The fourth-order valence-electron chi connectivity index (χ4n) is 2.13. The molecule has 0 saturated carbocycles. The number of nitrogens with one attached hydrogen (secondary N) is 2. The molecule has 0 unspecified atom stereocenters. The summed E-state index contributed by atoms with van der Waals surface area (Å²) in [5.74, 6) is -0.281. The summed E-state index contributed by atoms with van der Waals surface area (Å²) in [5.41, 5.74) is 2.62. The van der Waals surface area contributed by atoms with Crippen LogP contribution in [0.3, 0.4) is 0 Å². The number of carbonyl (C=O) groups is 1. The molecule has 0 spiro atoms. The lowest BCUT2D eigenvalue weighted by molar-refractivity contribution is -0.111. The van der Waals surface area contributed by atoms with Gasteiger partial charge in [0.2, 0.25) is 15.9 Å². The smallest absolute Gasteiger partial charge is 0.248 e. The minimum atomic E-state index is -3.53. The molecule has 0 heterocycles. The second kappa shape index (κ2) is 8.09. The lowest BCUT2D eigenvalue weighted by Crippen LogP contribution is -2.30. The molecule has 0 aliphatic heterocycles. The van der Waals surface area contributed by atoms with Crippen molar-refractivity contribution >= 4 is 27.7 Å². The largest absolute Gasteiger partial charge is 0.323 e. The Labute approximate surface area is 148 Å². The average Bonchev–Trinajstić information content (AvgIpc) is 2.54. The van der Waals surface area contributed by atoms with E-state index < -0.39 is 10.0 Å². The SMILES string of the molecule is Cc1ccc(C=CC(=O)Nc2ccc(S(=O)(=O)NC(C)C)cc2)cc1. The standard InChI is InChI=1S/C19H22N2O3S/c1-14(2)21-25(23,24)18-11-9-17(10-12-18)20-19(22)13-8-16-6-4-15(3)5-7-16/h4-14,21H,1-3H3,(H,20,22). The van der Waals surface area contributed by atoms with Gasteiger partial charge in [-0.15, -0.1) is 0 Å². The number of hydrogen-bond donors (Lipinski definition) is 2. The van der Waals surface area contributed by atoms with Crippen LogP contribution in [-0.2, 0) is 14.8 Å². The van der Waals surface area contributed by atoms with Gasteiger partial charge in [0.25, 0.3) is 0 Å². The molecule has 2 aromatic carbocycles. The van der Waals surface area contributed by atoms with Crippen molar-refractivity contribution in [1.29, 1.82) is 0 Å². The third-order valence-corrected chi connectivity index (χ3v) is 5.00. The average molecular weight is 358 g/mol. The normalized spacial score (nSPS) is 11.8. The van der Waals surface area contributed by atoms with Gasteiger partial charge in [0.05, 0.1) is 4.90 Å². The number of carbonyl (C=O) groups excluding carboxylic acids is 1. The summed E-state index contributed by atoms with van der Waals surface area (Å²) in [4.78, 5) is 12.1. The van der Waals surface area contributed by atoms with Crippen LogP contribution in [-0.4, -0.2) is 20.4 Å². The van der Waals surface area contributed by atoms with Crippen molar-refractivity contribution in [2.45, 2.75) is 31.7 Å². The van der Waals surface area contributed by atoms with Crippen molar-refractivity contribution in [2.75, 3.05) is 5.32 Å². The molecular formula is C19H22N2O3S. The van der Waals surface area contributed by atoms with E-state index in [0.717, 1.165) is 11.1 Å². The predicted octanol–water partition coefficient (Wildman–Crippen LogP) is 3.33. The number of amides is 1. The van der Waals surface area contributed by atoms with Crippen LogP contribution in [0.1, 0.15) is 25.0 Å². The molecule has 0 atom stereocenters. The van der Waals surface area contributed by atoms with Crippen molar-refractivity contribution in [1.82, 2.24) is 4.72 Å². The fraction of sp³-hybridized carbons (Fsp3) is 0.211. The molecule has 5 nitrogen and oxygen atoms in total. The topological polar surface area (TPSA) is 75.3 Å². The summed E-state index contributed by atoms with van der Waals surface area (Å²) < 4.78 is 26.6. The minimum Gasteiger partial charge on any atom is -0.323 e. The van der Waals surface area contributed by atoms with Crippen molar-refractivity contribution in [3.63, 3.8) is 0 Å². The van der Waals surface area contributed by atoms with Gasteiger partial charge in [-0.05, 0) is 56.7 Å². The van der Waals surface area contributed by atoms with Gasteiger partial charge in [0.15, 0.2) is 0 Å². The lowest BCUT2D eigenvalue weighted by atomic mass is 10.1. The molecule has 0 radical (unpaired) electrons. The van der Waals surface area contributed by atoms with E-state index >= 15 is 0 Å². The Balaban J connectivity index is 2.01. The molecule has 0 bridgehead atoms. The molecule has 6 heteroatoms. The van der Waals surface area contributed by atoms with Crippen LogP contribution in [0.4, 0.5) is 5.69 Å². The molecule has 25 heavy (non-hydrogen) atoms. The quantitative estimate of drug-likeness (QED) is 0.778. The molecular weight excluding hydrogens is 336 g/mol. The zero-order chi connectivity index (χ0) is 18.4. The van der Waals surface area contributed by atoms with Crippen LogP contribution < -0.4 is 10.0 Å². The summed E-state index contributed by atoms with van der Waals surface area (Å²) >= 11 is 0. The van der Waals surface area contributed by atoms with E-state index in [-0.39, 0.29) is 16.8 Å². The van der Waals surface area contributed by atoms with E-state index in [1.165, 1.54) is 18.2 Å². The van der Waals surface area contributed by atoms with Crippen LogP contribution in [0.25, 0.3) is 6.08 Å². The second-order valence-electron chi connectivity index (χ2n) is 6.03. The van der Waals surface area contributed by atoms with Gasteiger partial charge in [-0.2, -0.15) is 0 Å². The minimum absolute atomic E-state index is 0.161. The van der Waals surface area contributed by atoms with E-state index in [0.29, 0.717) is 5.69 Å². The van der Waals surface area contributed by atoms with Crippen molar-refractivity contribution < 1.29 is 13.2 Å². The van der Waals surface area contributed by atoms with Crippen molar-refractivity contribution in [3.8, 4) is 0 Å². The van der Waals surface area contributed by atoms with Crippen LogP contribution in [0, 0.1) is 6.92 Å². The molecule has 0 saturated heterocycles. The monoisotopic (exact) mass is 358 g/mol. The molecule has 0 aromatic heterocycles. The highest BCUT2D eigenvalue weighted by atomic mass is 32.2.